The van der Waals surface area contributed by atoms with Crippen molar-refractivity contribution in [2.75, 3.05) is 0 Å². The molecule has 0 aliphatic heterocycles. The molecular weight excluding hydrogens is 320 g/mol. The van der Waals surface area contributed by atoms with Gasteiger partial charge in [-0.15, -0.1) is 0 Å². The molecule has 4 aliphatic rings. The average molecular weight is 351 g/mol. The molecule has 4 aliphatic carbocycles. The normalized spacial score (nSPS) is 47.6. The van der Waals surface area contributed by atoms with Gasteiger partial charge in [0.1, 0.15) is 5.60 Å². The van der Waals surface area contributed by atoms with Crippen LogP contribution in [0.25, 0.3) is 0 Å². The fourth-order valence-electron chi connectivity index (χ4n) is 7.23. The van der Waals surface area contributed by atoms with Crippen LogP contribution >= 0.6 is 0 Å². The van der Waals surface area contributed by atoms with Gasteiger partial charge in [-0.1, -0.05) is 63.3 Å². The summed E-state index contributed by atoms with van der Waals surface area (Å²) in [6.45, 7) is 6.72. The van der Waals surface area contributed by atoms with Crippen molar-refractivity contribution in [2.24, 2.45) is 34.5 Å². The largest absolute Gasteiger partial charge is 0.381 e. The number of rotatable bonds is 3. The van der Waals surface area contributed by atoms with Crippen molar-refractivity contribution >= 4 is 5.78 Å². The van der Waals surface area contributed by atoms with Crippen LogP contribution in [0, 0.1) is 34.5 Å². The predicted molar refractivity (Wildman–Crippen MR) is 103 cm³/mol. The first-order chi connectivity index (χ1) is 12.3. The van der Waals surface area contributed by atoms with Crippen LogP contribution in [0.4, 0.5) is 0 Å². The van der Waals surface area contributed by atoms with E-state index in [0.717, 1.165) is 19.3 Å². The van der Waals surface area contributed by atoms with Crippen molar-refractivity contribution < 1.29 is 9.90 Å². The second-order valence-electron chi connectivity index (χ2n) is 10.1. The lowest BCUT2D eigenvalue weighted by Crippen LogP contribution is -2.56. The number of carbonyl (C=O) groups is 1. The van der Waals surface area contributed by atoms with Crippen LogP contribution in [-0.4, -0.2) is 16.5 Å². The highest BCUT2D eigenvalue weighted by molar-refractivity contribution is 5.93. The maximum atomic E-state index is 13.9. The molecule has 1 N–H and O–H groups in total. The Hall–Kier alpha value is -1.41. The van der Waals surface area contributed by atoms with Gasteiger partial charge in [-0.05, 0) is 54.4 Å². The fourth-order valence-corrected chi connectivity index (χ4v) is 7.23. The zero-order valence-electron chi connectivity index (χ0n) is 16.1. The number of fused-ring (bicyclic) bond motifs is 4. The monoisotopic (exact) mass is 350 g/mol. The molecule has 26 heavy (non-hydrogen) atoms. The molecule has 138 valence electrons. The maximum absolute atomic E-state index is 13.9. The van der Waals surface area contributed by atoms with E-state index in [2.05, 4.69) is 57.2 Å². The van der Waals surface area contributed by atoms with Crippen LogP contribution in [0.5, 0.6) is 0 Å². The van der Waals surface area contributed by atoms with E-state index in [0.29, 0.717) is 24.2 Å². The zero-order chi connectivity index (χ0) is 18.3. The third-order valence-corrected chi connectivity index (χ3v) is 9.24. The second kappa shape index (κ2) is 5.10. The van der Waals surface area contributed by atoms with Crippen LogP contribution in [0.2, 0.25) is 0 Å². The van der Waals surface area contributed by atoms with Crippen molar-refractivity contribution in [3.05, 3.63) is 48.0 Å². The third-order valence-electron chi connectivity index (χ3n) is 9.24. The number of Topliss-reactive ketones (excluding diaryl/α,β-unsaturated/α-hetero) is 1. The van der Waals surface area contributed by atoms with E-state index in [1.807, 2.05) is 6.07 Å². The lowest BCUT2D eigenvalue weighted by atomic mass is 9.59. The molecule has 1 aromatic rings. The van der Waals surface area contributed by atoms with Gasteiger partial charge in [0.15, 0.2) is 5.78 Å². The summed E-state index contributed by atoms with van der Waals surface area (Å²) in [5.41, 5.74) is -0.157. The fraction of sp³-hybridized carbons (Fsp3) is 0.625. The number of allylic oxidation sites excluding steroid dienone is 2. The van der Waals surface area contributed by atoms with Gasteiger partial charge in [-0.2, -0.15) is 0 Å². The molecule has 3 fully saturated rings. The van der Waals surface area contributed by atoms with Crippen molar-refractivity contribution in [3.8, 4) is 0 Å². The van der Waals surface area contributed by atoms with Crippen molar-refractivity contribution in [1.82, 2.24) is 0 Å². The van der Waals surface area contributed by atoms with Gasteiger partial charge in [0.05, 0.1) is 0 Å². The summed E-state index contributed by atoms with van der Waals surface area (Å²) in [6, 6.07) is 10.5. The van der Waals surface area contributed by atoms with Crippen LogP contribution in [0.15, 0.2) is 42.5 Å². The molecular formula is C24H30O2. The van der Waals surface area contributed by atoms with Gasteiger partial charge in [-0.25, -0.2) is 0 Å². The van der Waals surface area contributed by atoms with E-state index in [1.165, 1.54) is 5.56 Å². The molecule has 7 atom stereocenters. The molecule has 2 nitrogen and oxygen atoms in total. The first-order valence-corrected chi connectivity index (χ1v) is 10.3. The van der Waals surface area contributed by atoms with E-state index in [9.17, 15) is 9.90 Å². The number of ketones is 1. The highest BCUT2D eigenvalue weighted by Gasteiger charge is 2.72. The average Bonchev–Trinajstić information content (AvgIpc) is 3.33. The third kappa shape index (κ3) is 1.80. The molecule has 0 unspecified atom stereocenters. The Balaban J connectivity index is 1.55. The van der Waals surface area contributed by atoms with Gasteiger partial charge in [-0.3, -0.25) is 4.79 Å². The van der Waals surface area contributed by atoms with Crippen LogP contribution in [-0.2, 0) is 4.79 Å². The molecule has 0 spiro atoms. The van der Waals surface area contributed by atoms with Crippen LogP contribution < -0.4 is 0 Å². The van der Waals surface area contributed by atoms with E-state index < -0.39 is 5.60 Å². The quantitative estimate of drug-likeness (QED) is 0.800. The zero-order valence-corrected chi connectivity index (χ0v) is 16.1. The van der Waals surface area contributed by atoms with Gasteiger partial charge in [0, 0.05) is 17.3 Å². The Morgan fingerprint density at radius 3 is 2.38 bits per heavy atom. The van der Waals surface area contributed by atoms with E-state index in [4.69, 9.17) is 0 Å². The minimum atomic E-state index is -1.16. The van der Waals surface area contributed by atoms with Gasteiger partial charge >= 0.3 is 0 Å². The number of aliphatic hydroxyl groups is 1. The van der Waals surface area contributed by atoms with Crippen LogP contribution in [0.1, 0.15) is 57.9 Å². The van der Waals surface area contributed by atoms with Gasteiger partial charge in [0.2, 0.25) is 0 Å². The summed E-state index contributed by atoms with van der Waals surface area (Å²) in [5, 5.41) is 11.8. The molecule has 0 aromatic heterocycles. The molecule has 1 aromatic carbocycles. The Morgan fingerprint density at radius 2 is 1.77 bits per heavy atom. The second-order valence-corrected chi connectivity index (χ2v) is 10.1. The summed E-state index contributed by atoms with van der Waals surface area (Å²) in [5.74, 6) is 1.51. The highest BCUT2D eigenvalue weighted by atomic mass is 16.3. The topological polar surface area (TPSA) is 37.3 Å². The SMILES string of the molecule is CC1(C)[C@@H]2CC[C@@]1(C)[C@@](O)(C(=O)[C@@H]1[C@@H](c3ccccc3)[C@@H]3C=C[C@H]1C3)C2. The van der Waals surface area contributed by atoms with Crippen molar-refractivity contribution in [3.63, 3.8) is 0 Å². The molecule has 4 bridgehead atoms. The minimum absolute atomic E-state index is 0.0348. The Morgan fingerprint density at radius 1 is 1.08 bits per heavy atom. The molecule has 0 saturated heterocycles. The summed E-state index contributed by atoms with van der Waals surface area (Å²) in [7, 11) is 0. The number of carbonyl (C=O) groups excluding carboxylic acids is 1. The first kappa shape index (κ1) is 16.7. The lowest BCUT2D eigenvalue weighted by molar-refractivity contribution is -0.161. The number of hydrogen-bond donors (Lipinski definition) is 1. The summed E-state index contributed by atoms with van der Waals surface area (Å²) in [4.78, 5) is 13.9. The Kier molecular flexibility index (Phi) is 3.28. The summed E-state index contributed by atoms with van der Waals surface area (Å²) >= 11 is 0. The molecule has 2 heteroatoms. The van der Waals surface area contributed by atoms with Gasteiger partial charge < -0.3 is 5.11 Å². The molecule has 5 rings (SSSR count). The van der Waals surface area contributed by atoms with Gasteiger partial charge in [0.25, 0.3) is 0 Å². The molecule has 3 saturated carbocycles. The van der Waals surface area contributed by atoms with Crippen molar-refractivity contribution in [1.29, 1.82) is 0 Å². The Labute approximate surface area is 156 Å². The summed E-state index contributed by atoms with van der Waals surface area (Å²) in [6.07, 6.45) is 8.40. The van der Waals surface area contributed by atoms with Crippen molar-refractivity contribution in [2.45, 2.75) is 58.0 Å². The summed E-state index contributed by atoms with van der Waals surface area (Å²) < 4.78 is 0. The molecule has 0 heterocycles. The first-order valence-electron chi connectivity index (χ1n) is 10.3. The lowest BCUT2D eigenvalue weighted by Gasteiger charge is -2.46. The highest BCUT2D eigenvalue weighted by Crippen LogP contribution is 2.71. The van der Waals surface area contributed by atoms with Crippen LogP contribution in [0.3, 0.4) is 0 Å². The number of benzene rings is 1. The molecule has 0 amide bonds. The van der Waals surface area contributed by atoms with E-state index >= 15 is 0 Å². The Bertz CT molecular complexity index is 779. The maximum Gasteiger partial charge on any atom is 0.169 e. The smallest absolute Gasteiger partial charge is 0.169 e. The standard InChI is InChI=1S/C24H30O2/c1-22(2)18-11-12-23(22,3)24(26,14-18)21(25)20-17-10-9-16(13-17)19(20)15-7-5-4-6-8-15/h4-10,16-20,26H,11-14H2,1-3H3/t16-,17+,18-,19+,20+,23-,24+/m1/s1. The van der Waals surface area contributed by atoms with E-state index in [-0.39, 0.29) is 28.4 Å². The van der Waals surface area contributed by atoms with E-state index in [1.54, 1.807) is 0 Å². The predicted octanol–water partition coefficient (Wildman–Crippen LogP) is 4.74. The molecule has 0 radical (unpaired) electrons. The minimum Gasteiger partial charge on any atom is -0.381 e. The number of hydrogen-bond acceptors (Lipinski definition) is 2.